The first-order valence-electron chi connectivity index (χ1n) is 4.87. The fourth-order valence-electron chi connectivity index (χ4n) is 1.04. The zero-order valence-corrected chi connectivity index (χ0v) is 9.19. The predicted octanol–water partition coefficient (Wildman–Crippen LogP) is 0.564. The first-order chi connectivity index (χ1) is 7.08. The second-order valence-corrected chi connectivity index (χ2v) is 2.95. The Morgan fingerprint density at radius 3 is 2.00 bits per heavy atom. The summed E-state index contributed by atoms with van der Waals surface area (Å²) in [4.78, 5) is 33.2. The molecule has 0 aliphatic heterocycles. The molecule has 0 aromatic rings. The van der Waals surface area contributed by atoms with Gasteiger partial charge in [0.2, 0.25) is 0 Å². The molecule has 0 rings (SSSR count). The van der Waals surface area contributed by atoms with Crippen LogP contribution >= 0.6 is 0 Å². The van der Waals surface area contributed by atoms with Crippen molar-refractivity contribution in [2.45, 2.75) is 20.8 Å². The Kier molecular flexibility index (Phi) is 6.33. The van der Waals surface area contributed by atoms with E-state index in [1.54, 1.807) is 13.8 Å². The SMILES string of the molecule is CCOC(=O)C(C)C(C=O)C(=O)OCC. The summed E-state index contributed by atoms with van der Waals surface area (Å²) in [5.41, 5.74) is 0. The van der Waals surface area contributed by atoms with E-state index in [2.05, 4.69) is 4.74 Å². The van der Waals surface area contributed by atoms with E-state index in [0.717, 1.165) is 0 Å². The summed E-state index contributed by atoms with van der Waals surface area (Å²) in [5.74, 6) is -3.14. The van der Waals surface area contributed by atoms with Crippen LogP contribution in [0.4, 0.5) is 0 Å². The average Bonchev–Trinajstić information content (AvgIpc) is 2.19. The van der Waals surface area contributed by atoms with E-state index in [1.807, 2.05) is 0 Å². The van der Waals surface area contributed by atoms with Crippen molar-refractivity contribution < 1.29 is 23.9 Å². The molecule has 0 spiro atoms. The van der Waals surface area contributed by atoms with E-state index < -0.39 is 23.8 Å². The number of hydrogen-bond donors (Lipinski definition) is 0. The summed E-state index contributed by atoms with van der Waals surface area (Å²) in [5, 5.41) is 0. The second kappa shape index (κ2) is 6.98. The molecule has 0 bridgehead atoms. The van der Waals surface area contributed by atoms with Crippen molar-refractivity contribution in [1.82, 2.24) is 0 Å². The Balaban J connectivity index is 4.45. The Hall–Kier alpha value is -1.39. The molecule has 86 valence electrons. The molecule has 15 heavy (non-hydrogen) atoms. The molecule has 0 aliphatic rings. The number of hydrogen-bond acceptors (Lipinski definition) is 5. The molecule has 0 fully saturated rings. The monoisotopic (exact) mass is 216 g/mol. The number of carbonyl (C=O) groups excluding carboxylic acids is 3. The Morgan fingerprint density at radius 1 is 1.13 bits per heavy atom. The van der Waals surface area contributed by atoms with Crippen LogP contribution in [0.2, 0.25) is 0 Å². The van der Waals surface area contributed by atoms with Crippen LogP contribution < -0.4 is 0 Å². The standard InChI is InChI=1S/C10H16O5/c1-4-14-9(12)7(3)8(6-11)10(13)15-5-2/h6-8H,4-5H2,1-3H3. The van der Waals surface area contributed by atoms with Crippen molar-refractivity contribution in [1.29, 1.82) is 0 Å². The molecular weight excluding hydrogens is 200 g/mol. The third-order valence-electron chi connectivity index (χ3n) is 1.90. The first-order valence-corrected chi connectivity index (χ1v) is 4.87. The van der Waals surface area contributed by atoms with Crippen LogP contribution in [0.3, 0.4) is 0 Å². The zero-order valence-electron chi connectivity index (χ0n) is 9.19. The summed E-state index contributed by atoms with van der Waals surface area (Å²) in [6.45, 7) is 5.16. The number of carbonyl (C=O) groups is 3. The third kappa shape index (κ3) is 4.10. The van der Waals surface area contributed by atoms with Gasteiger partial charge < -0.3 is 14.3 Å². The molecule has 0 aromatic carbocycles. The number of ether oxygens (including phenoxy) is 2. The van der Waals surface area contributed by atoms with Gasteiger partial charge >= 0.3 is 11.9 Å². The van der Waals surface area contributed by atoms with Gasteiger partial charge in [-0.3, -0.25) is 9.59 Å². The Morgan fingerprint density at radius 2 is 1.60 bits per heavy atom. The molecule has 0 saturated carbocycles. The van der Waals surface area contributed by atoms with E-state index in [-0.39, 0.29) is 13.2 Å². The highest BCUT2D eigenvalue weighted by atomic mass is 16.5. The number of rotatable bonds is 6. The third-order valence-corrected chi connectivity index (χ3v) is 1.90. The number of aldehydes is 1. The summed E-state index contributed by atoms with van der Waals surface area (Å²) in [6, 6.07) is 0. The highest BCUT2D eigenvalue weighted by Gasteiger charge is 2.31. The molecule has 0 aliphatic carbocycles. The lowest BCUT2D eigenvalue weighted by molar-refractivity contribution is -0.160. The summed E-state index contributed by atoms with van der Waals surface area (Å²) in [7, 11) is 0. The van der Waals surface area contributed by atoms with Crippen LogP contribution in [0, 0.1) is 11.8 Å². The van der Waals surface area contributed by atoms with Crippen LogP contribution in [0.15, 0.2) is 0 Å². The van der Waals surface area contributed by atoms with E-state index >= 15 is 0 Å². The molecule has 0 aromatic heterocycles. The fourth-order valence-corrected chi connectivity index (χ4v) is 1.04. The van der Waals surface area contributed by atoms with Gasteiger partial charge in [0.1, 0.15) is 12.2 Å². The second-order valence-electron chi connectivity index (χ2n) is 2.95. The minimum absolute atomic E-state index is 0.179. The molecule has 0 radical (unpaired) electrons. The summed E-state index contributed by atoms with van der Waals surface area (Å²) >= 11 is 0. The van der Waals surface area contributed by atoms with Gasteiger partial charge in [-0.2, -0.15) is 0 Å². The van der Waals surface area contributed by atoms with Gasteiger partial charge in [-0.1, -0.05) is 6.92 Å². The zero-order chi connectivity index (χ0) is 11.8. The molecule has 5 heteroatoms. The lowest BCUT2D eigenvalue weighted by atomic mass is 9.96. The van der Waals surface area contributed by atoms with Crippen molar-refractivity contribution in [2.75, 3.05) is 13.2 Å². The summed E-state index contributed by atoms with van der Waals surface area (Å²) in [6.07, 6.45) is 0.416. The highest BCUT2D eigenvalue weighted by molar-refractivity contribution is 5.93. The van der Waals surface area contributed by atoms with Gasteiger partial charge in [-0.25, -0.2) is 0 Å². The molecular formula is C10H16O5. The number of esters is 2. The minimum atomic E-state index is -1.08. The maximum atomic E-state index is 11.3. The van der Waals surface area contributed by atoms with Crippen molar-refractivity contribution in [3.63, 3.8) is 0 Å². The van der Waals surface area contributed by atoms with E-state index in [0.29, 0.717) is 6.29 Å². The van der Waals surface area contributed by atoms with Crippen LogP contribution in [0.25, 0.3) is 0 Å². The minimum Gasteiger partial charge on any atom is -0.466 e. The van der Waals surface area contributed by atoms with Gasteiger partial charge in [0.15, 0.2) is 0 Å². The Labute approximate surface area is 88.7 Å². The quantitative estimate of drug-likeness (QED) is 0.368. The smallest absolute Gasteiger partial charge is 0.317 e. The largest absolute Gasteiger partial charge is 0.466 e. The predicted molar refractivity (Wildman–Crippen MR) is 52.0 cm³/mol. The topological polar surface area (TPSA) is 69.7 Å². The molecule has 0 saturated heterocycles. The fraction of sp³-hybridized carbons (Fsp3) is 0.700. The molecule has 2 unspecified atom stereocenters. The Bertz CT molecular complexity index is 236. The molecule has 5 nitrogen and oxygen atoms in total. The van der Waals surface area contributed by atoms with Gasteiger partial charge in [-0.05, 0) is 13.8 Å². The van der Waals surface area contributed by atoms with Gasteiger partial charge in [0, 0.05) is 0 Å². The van der Waals surface area contributed by atoms with Crippen molar-refractivity contribution in [3.8, 4) is 0 Å². The highest BCUT2D eigenvalue weighted by Crippen LogP contribution is 2.13. The van der Waals surface area contributed by atoms with Crippen LogP contribution in [0.1, 0.15) is 20.8 Å². The van der Waals surface area contributed by atoms with E-state index in [9.17, 15) is 14.4 Å². The molecule has 0 N–H and O–H groups in total. The van der Waals surface area contributed by atoms with Gasteiger partial charge in [0.05, 0.1) is 19.1 Å². The maximum absolute atomic E-state index is 11.3. The summed E-state index contributed by atoms with van der Waals surface area (Å²) < 4.78 is 9.38. The molecule has 0 heterocycles. The van der Waals surface area contributed by atoms with Crippen LogP contribution in [0.5, 0.6) is 0 Å². The molecule has 0 amide bonds. The van der Waals surface area contributed by atoms with E-state index in [4.69, 9.17) is 4.74 Å². The maximum Gasteiger partial charge on any atom is 0.317 e. The van der Waals surface area contributed by atoms with Gasteiger partial charge in [-0.15, -0.1) is 0 Å². The van der Waals surface area contributed by atoms with Gasteiger partial charge in [0.25, 0.3) is 0 Å². The first kappa shape index (κ1) is 13.6. The van der Waals surface area contributed by atoms with Crippen molar-refractivity contribution in [3.05, 3.63) is 0 Å². The lowest BCUT2D eigenvalue weighted by Gasteiger charge is -2.15. The lowest BCUT2D eigenvalue weighted by Crippen LogP contribution is -2.31. The average molecular weight is 216 g/mol. The van der Waals surface area contributed by atoms with Crippen molar-refractivity contribution >= 4 is 18.2 Å². The molecule has 2 atom stereocenters. The van der Waals surface area contributed by atoms with Crippen LogP contribution in [-0.4, -0.2) is 31.4 Å². The van der Waals surface area contributed by atoms with E-state index in [1.165, 1.54) is 6.92 Å². The van der Waals surface area contributed by atoms with Crippen LogP contribution in [-0.2, 0) is 23.9 Å². The normalized spacial score (nSPS) is 13.8. The van der Waals surface area contributed by atoms with Crippen molar-refractivity contribution in [2.24, 2.45) is 11.8 Å².